The molecule has 0 saturated carbocycles. The second-order valence-corrected chi connectivity index (χ2v) is 4.12. The van der Waals surface area contributed by atoms with E-state index in [4.69, 9.17) is 5.73 Å². The van der Waals surface area contributed by atoms with Crippen molar-refractivity contribution in [1.29, 1.82) is 0 Å². The SMILES string of the molecule is NC1([N+](=O)[O-])C=CC(C(=O)c2ccccc2)C=C1. The summed E-state index contributed by atoms with van der Waals surface area (Å²) in [6, 6.07) is 8.78. The third-order valence-electron chi connectivity index (χ3n) is 2.82. The molecule has 1 aliphatic rings. The lowest BCUT2D eigenvalue weighted by Gasteiger charge is -2.18. The van der Waals surface area contributed by atoms with Crippen LogP contribution < -0.4 is 5.73 Å². The average molecular weight is 244 g/mol. The molecule has 2 N–H and O–H groups in total. The first-order chi connectivity index (χ1) is 8.53. The lowest BCUT2D eigenvalue weighted by atomic mass is 9.91. The normalized spacial score (nSPS) is 25.9. The molecule has 0 saturated heterocycles. The van der Waals surface area contributed by atoms with Crippen molar-refractivity contribution < 1.29 is 9.72 Å². The van der Waals surface area contributed by atoms with Gasteiger partial charge >= 0.3 is 5.66 Å². The number of rotatable bonds is 3. The Morgan fingerprint density at radius 1 is 1.22 bits per heavy atom. The van der Waals surface area contributed by atoms with E-state index in [1.165, 1.54) is 24.3 Å². The summed E-state index contributed by atoms with van der Waals surface area (Å²) in [4.78, 5) is 22.2. The van der Waals surface area contributed by atoms with Crippen molar-refractivity contribution in [2.24, 2.45) is 11.7 Å². The van der Waals surface area contributed by atoms with Crippen LogP contribution in [-0.2, 0) is 0 Å². The molecule has 0 fully saturated rings. The van der Waals surface area contributed by atoms with Gasteiger partial charge in [-0.3, -0.25) is 20.6 Å². The van der Waals surface area contributed by atoms with Gasteiger partial charge in [-0.05, 0) is 0 Å². The highest BCUT2D eigenvalue weighted by Gasteiger charge is 2.35. The molecule has 1 aromatic carbocycles. The molecule has 1 aromatic rings. The van der Waals surface area contributed by atoms with Crippen molar-refractivity contribution in [1.82, 2.24) is 0 Å². The third-order valence-corrected chi connectivity index (χ3v) is 2.82. The molecular weight excluding hydrogens is 232 g/mol. The van der Waals surface area contributed by atoms with Gasteiger partial charge < -0.3 is 0 Å². The second kappa shape index (κ2) is 4.54. The highest BCUT2D eigenvalue weighted by molar-refractivity contribution is 6.00. The highest BCUT2D eigenvalue weighted by atomic mass is 16.6. The Hall–Kier alpha value is -2.27. The summed E-state index contributed by atoms with van der Waals surface area (Å²) in [6.07, 6.45) is 5.44. The fourth-order valence-electron chi connectivity index (χ4n) is 1.73. The van der Waals surface area contributed by atoms with E-state index in [2.05, 4.69) is 0 Å². The predicted octanol–water partition coefficient (Wildman–Crippen LogP) is 1.54. The molecule has 1 aliphatic carbocycles. The summed E-state index contributed by atoms with van der Waals surface area (Å²) in [7, 11) is 0. The number of carbonyl (C=O) groups excluding carboxylic acids is 1. The standard InChI is InChI=1S/C13H12N2O3/c14-13(15(17)18)8-6-11(7-9-13)12(16)10-4-2-1-3-5-10/h1-9,11H,14H2. The molecular formula is C13H12N2O3. The van der Waals surface area contributed by atoms with E-state index in [9.17, 15) is 14.9 Å². The van der Waals surface area contributed by atoms with Crippen LogP contribution in [0.15, 0.2) is 54.6 Å². The first kappa shape index (κ1) is 12.2. The number of hydrogen-bond acceptors (Lipinski definition) is 4. The molecule has 0 amide bonds. The second-order valence-electron chi connectivity index (χ2n) is 4.12. The van der Waals surface area contributed by atoms with Crippen LogP contribution in [-0.4, -0.2) is 16.4 Å². The van der Waals surface area contributed by atoms with E-state index in [-0.39, 0.29) is 5.78 Å². The molecule has 0 unspecified atom stereocenters. The molecule has 0 atom stereocenters. The molecule has 0 bridgehead atoms. The van der Waals surface area contributed by atoms with Gasteiger partial charge in [-0.25, -0.2) is 0 Å². The van der Waals surface area contributed by atoms with Crippen LogP contribution in [0.3, 0.4) is 0 Å². The summed E-state index contributed by atoms with van der Waals surface area (Å²) in [5.41, 5.74) is 4.39. The van der Waals surface area contributed by atoms with Gasteiger partial charge in [-0.1, -0.05) is 42.5 Å². The average Bonchev–Trinajstić information content (AvgIpc) is 2.40. The molecule has 92 valence electrons. The molecule has 0 radical (unpaired) electrons. The first-order valence-corrected chi connectivity index (χ1v) is 5.44. The van der Waals surface area contributed by atoms with Gasteiger partial charge in [-0.2, -0.15) is 0 Å². The number of carbonyl (C=O) groups is 1. The number of benzene rings is 1. The van der Waals surface area contributed by atoms with E-state index >= 15 is 0 Å². The third kappa shape index (κ3) is 2.21. The van der Waals surface area contributed by atoms with Gasteiger partial charge in [0.1, 0.15) is 0 Å². The van der Waals surface area contributed by atoms with Crippen molar-refractivity contribution >= 4 is 5.78 Å². The topological polar surface area (TPSA) is 86.2 Å². The number of allylic oxidation sites excluding steroid dienone is 2. The Morgan fingerprint density at radius 2 is 1.78 bits per heavy atom. The molecule has 0 spiro atoms. The first-order valence-electron chi connectivity index (χ1n) is 5.44. The fraction of sp³-hybridized carbons (Fsp3) is 0.154. The molecule has 2 rings (SSSR count). The van der Waals surface area contributed by atoms with E-state index in [1.54, 1.807) is 24.3 Å². The molecule has 18 heavy (non-hydrogen) atoms. The molecule has 0 aliphatic heterocycles. The van der Waals surface area contributed by atoms with Crippen LogP contribution in [0.25, 0.3) is 0 Å². The van der Waals surface area contributed by atoms with E-state index in [0.717, 1.165) is 0 Å². The Kier molecular flexibility index (Phi) is 3.08. The maximum absolute atomic E-state index is 12.1. The maximum Gasteiger partial charge on any atom is 0.310 e. The minimum absolute atomic E-state index is 0.103. The maximum atomic E-state index is 12.1. The van der Waals surface area contributed by atoms with Crippen molar-refractivity contribution in [3.8, 4) is 0 Å². The number of Topliss-reactive ketones (excluding diaryl/α,β-unsaturated/α-hetero) is 1. The fourth-order valence-corrected chi connectivity index (χ4v) is 1.73. The summed E-state index contributed by atoms with van der Waals surface area (Å²) in [6.45, 7) is 0. The Balaban J connectivity index is 2.18. The van der Waals surface area contributed by atoms with Gasteiger partial charge in [0.25, 0.3) is 0 Å². The lowest BCUT2D eigenvalue weighted by molar-refractivity contribution is -0.539. The molecule has 0 aromatic heterocycles. The van der Waals surface area contributed by atoms with Crippen molar-refractivity contribution in [2.75, 3.05) is 0 Å². The van der Waals surface area contributed by atoms with Crippen LogP contribution in [0.5, 0.6) is 0 Å². The van der Waals surface area contributed by atoms with Crippen LogP contribution in [0.4, 0.5) is 0 Å². The highest BCUT2D eigenvalue weighted by Crippen LogP contribution is 2.20. The Bertz CT molecular complexity index is 520. The van der Waals surface area contributed by atoms with E-state index in [1.807, 2.05) is 6.07 Å². The van der Waals surface area contributed by atoms with Crippen LogP contribution in [0.1, 0.15) is 10.4 Å². The Morgan fingerprint density at radius 3 is 2.28 bits per heavy atom. The number of ketones is 1. The summed E-state index contributed by atoms with van der Waals surface area (Å²) >= 11 is 0. The molecule has 0 heterocycles. The Labute approximate surface area is 104 Å². The molecule has 5 heteroatoms. The van der Waals surface area contributed by atoms with E-state index in [0.29, 0.717) is 5.56 Å². The summed E-state index contributed by atoms with van der Waals surface area (Å²) in [5, 5.41) is 10.7. The van der Waals surface area contributed by atoms with Gasteiger partial charge in [-0.15, -0.1) is 0 Å². The van der Waals surface area contributed by atoms with Crippen LogP contribution in [0.2, 0.25) is 0 Å². The van der Waals surface area contributed by atoms with Gasteiger partial charge in [0.15, 0.2) is 5.78 Å². The zero-order valence-corrected chi connectivity index (χ0v) is 9.52. The van der Waals surface area contributed by atoms with Crippen molar-refractivity contribution in [2.45, 2.75) is 5.66 Å². The van der Waals surface area contributed by atoms with Gasteiger partial charge in [0.05, 0.1) is 10.8 Å². The predicted molar refractivity (Wildman–Crippen MR) is 66.5 cm³/mol. The number of nitrogens with two attached hydrogens (primary N) is 1. The van der Waals surface area contributed by atoms with Crippen LogP contribution >= 0.6 is 0 Å². The zero-order chi connectivity index (χ0) is 13.2. The summed E-state index contributed by atoms with van der Waals surface area (Å²) < 4.78 is 0. The summed E-state index contributed by atoms with van der Waals surface area (Å²) in [5.74, 6) is -0.600. The minimum atomic E-state index is -1.70. The zero-order valence-electron chi connectivity index (χ0n) is 9.52. The minimum Gasteiger partial charge on any atom is -0.293 e. The number of nitrogens with zero attached hydrogens (tertiary/aromatic N) is 1. The van der Waals surface area contributed by atoms with Gasteiger partial charge in [0.2, 0.25) is 0 Å². The van der Waals surface area contributed by atoms with E-state index < -0.39 is 16.5 Å². The number of nitro groups is 1. The lowest BCUT2D eigenvalue weighted by Crippen LogP contribution is -2.45. The smallest absolute Gasteiger partial charge is 0.293 e. The van der Waals surface area contributed by atoms with Crippen molar-refractivity contribution in [3.05, 3.63) is 70.3 Å². The van der Waals surface area contributed by atoms with Gasteiger partial charge in [0, 0.05) is 17.7 Å². The largest absolute Gasteiger partial charge is 0.310 e. The van der Waals surface area contributed by atoms with Crippen LogP contribution in [0, 0.1) is 16.0 Å². The number of hydrogen-bond donors (Lipinski definition) is 1. The van der Waals surface area contributed by atoms with Crippen molar-refractivity contribution in [3.63, 3.8) is 0 Å². The molecule has 5 nitrogen and oxygen atoms in total. The monoisotopic (exact) mass is 244 g/mol. The quantitative estimate of drug-likeness (QED) is 0.287.